The molecule has 0 bridgehead atoms. The highest BCUT2D eigenvalue weighted by Crippen LogP contribution is 2.12. The molecular formula is C16H24N2O3. The zero-order chi connectivity index (χ0) is 15.7. The molecule has 116 valence electrons. The van der Waals surface area contributed by atoms with Crippen molar-refractivity contribution >= 4 is 11.8 Å². The number of ether oxygens (including phenoxy) is 1. The van der Waals surface area contributed by atoms with E-state index in [0.29, 0.717) is 30.7 Å². The smallest absolute Gasteiger partial charge is 0.251 e. The van der Waals surface area contributed by atoms with Crippen LogP contribution in [-0.4, -0.2) is 43.5 Å². The second kappa shape index (κ2) is 9.00. The van der Waals surface area contributed by atoms with Crippen molar-refractivity contribution in [1.82, 2.24) is 10.2 Å². The standard InChI is InChI=1S/C16H24N2O3/c1-4-18(5-2)15(19)10-7-11-17-16(20)13-8-6-9-14(12-13)21-3/h6,8-9,12H,4-5,7,10-11H2,1-3H3,(H,17,20). The van der Waals surface area contributed by atoms with Gasteiger partial charge in [-0.1, -0.05) is 6.07 Å². The van der Waals surface area contributed by atoms with Crippen LogP contribution in [0.4, 0.5) is 0 Å². The molecule has 0 fully saturated rings. The van der Waals surface area contributed by atoms with E-state index in [1.165, 1.54) is 0 Å². The number of benzene rings is 1. The van der Waals surface area contributed by atoms with E-state index in [1.807, 2.05) is 13.8 Å². The summed E-state index contributed by atoms with van der Waals surface area (Å²) in [5.74, 6) is 0.638. The summed E-state index contributed by atoms with van der Waals surface area (Å²) in [6.45, 7) is 5.87. The third-order valence-corrected chi connectivity index (χ3v) is 3.30. The number of nitrogens with one attached hydrogen (secondary N) is 1. The quantitative estimate of drug-likeness (QED) is 0.746. The van der Waals surface area contributed by atoms with Gasteiger partial charge >= 0.3 is 0 Å². The van der Waals surface area contributed by atoms with Crippen LogP contribution in [0.15, 0.2) is 24.3 Å². The molecule has 0 aromatic heterocycles. The van der Waals surface area contributed by atoms with Crippen molar-refractivity contribution in [2.24, 2.45) is 0 Å². The summed E-state index contributed by atoms with van der Waals surface area (Å²) in [6.07, 6.45) is 1.10. The molecule has 0 saturated carbocycles. The molecule has 5 heteroatoms. The Morgan fingerprint density at radius 3 is 2.57 bits per heavy atom. The molecular weight excluding hydrogens is 268 g/mol. The minimum atomic E-state index is -0.149. The van der Waals surface area contributed by atoms with Crippen LogP contribution in [0.1, 0.15) is 37.0 Å². The maximum Gasteiger partial charge on any atom is 0.251 e. The lowest BCUT2D eigenvalue weighted by atomic mass is 10.2. The molecule has 0 heterocycles. The number of methoxy groups -OCH3 is 1. The topological polar surface area (TPSA) is 58.6 Å². The monoisotopic (exact) mass is 292 g/mol. The molecule has 21 heavy (non-hydrogen) atoms. The van der Waals surface area contributed by atoms with Crippen molar-refractivity contribution in [3.8, 4) is 5.75 Å². The van der Waals surface area contributed by atoms with Crippen molar-refractivity contribution in [1.29, 1.82) is 0 Å². The Kier molecular flexibility index (Phi) is 7.29. The number of carbonyl (C=O) groups is 2. The number of hydrogen-bond acceptors (Lipinski definition) is 3. The number of carbonyl (C=O) groups excluding carboxylic acids is 2. The molecule has 0 unspecified atom stereocenters. The molecule has 0 aliphatic rings. The predicted molar refractivity (Wildman–Crippen MR) is 82.5 cm³/mol. The average Bonchev–Trinajstić information content (AvgIpc) is 2.52. The Labute approximate surface area is 126 Å². The van der Waals surface area contributed by atoms with Gasteiger partial charge in [-0.05, 0) is 38.5 Å². The summed E-state index contributed by atoms with van der Waals surface area (Å²) >= 11 is 0. The summed E-state index contributed by atoms with van der Waals surface area (Å²) in [5.41, 5.74) is 0.560. The fourth-order valence-corrected chi connectivity index (χ4v) is 2.04. The van der Waals surface area contributed by atoms with Crippen LogP contribution in [0.25, 0.3) is 0 Å². The minimum Gasteiger partial charge on any atom is -0.497 e. The van der Waals surface area contributed by atoms with E-state index in [4.69, 9.17) is 4.74 Å². The van der Waals surface area contributed by atoms with Crippen LogP contribution in [0.3, 0.4) is 0 Å². The maximum atomic E-state index is 11.9. The second-order valence-electron chi connectivity index (χ2n) is 4.66. The zero-order valence-electron chi connectivity index (χ0n) is 13.0. The van der Waals surface area contributed by atoms with Gasteiger partial charge in [-0.25, -0.2) is 0 Å². The third kappa shape index (κ3) is 5.45. The average molecular weight is 292 g/mol. The van der Waals surface area contributed by atoms with Gasteiger partial charge < -0.3 is 15.0 Å². The first kappa shape index (κ1) is 17.0. The molecule has 0 aliphatic carbocycles. The Balaban J connectivity index is 2.35. The van der Waals surface area contributed by atoms with Crippen LogP contribution in [0, 0.1) is 0 Å². The summed E-state index contributed by atoms with van der Waals surface area (Å²) in [7, 11) is 1.57. The molecule has 1 aromatic carbocycles. The number of amides is 2. The van der Waals surface area contributed by atoms with E-state index < -0.39 is 0 Å². The van der Waals surface area contributed by atoms with Gasteiger partial charge in [0.1, 0.15) is 5.75 Å². The van der Waals surface area contributed by atoms with Gasteiger partial charge in [0.25, 0.3) is 5.91 Å². The second-order valence-corrected chi connectivity index (χ2v) is 4.66. The van der Waals surface area contributed by atoms with Crippen LogP contribution >= 0.6 is 0 Å². The van der Waals surface area contributed by atoms with Crippen LogP contribution in [0.2, 0.25) is 0 Å². The number of hydrogen-bond donors (Lipinski definition) is 1. The third-order valence-electron chi connectivity index (χ3n) is 3.30. The molecule has 0 radical (unpaired) electrons. The molecule has 5 nitrogen and oxygen atoms in total. The summed E-state index contributed by atoms with van der Waals surface area (Å²) in [5, 5.41) is 2.82. The van der Waals surface area contributed by atoms with Gasteiger partial charge in [0.15, 0.2) is 0 Å². The van der Waals surface area contributed by atoms with Crippen LogP contribution in [-0.2, 0) is 4.79 Å². The highest BCUT2D eigenvalue weighted by molar-refractivity contribution is 5.94. The lowest BCUT2D eigenvalue weighted by Crippen LogP contribution is -2.31. The normalized spacial score (nSPS) is 10.0. The van der Waals surface area contributed by atoms with Crippen molar-refractivity contribution in [3.05, 3.63) is 29.8 Å². The predicted octanol–water partition coefficient (Wildman–Crippen LogP) is 2.07. The summed E-state index contributed by atoms with van der Waals surface area (Å²) < 4.78 is 5.08. The lowest BCUT2D eigenvalue weighted by Gasteiger charge is -2.18. The molecule has 1 N–H and O–H groups in total. The van der Waals surface area contributed by atoms with E-state index >= 15 is 0 Å². The first-order valence-corrected chi connectivity index (χ1v) is 7.32. The highest BCUT2D eigenvalue weighted by Gasteiger charge is 2.10. The van der Waals surface area contributed by atoms with Gasteiger partial charge in [-0.2, -0.15) is 0 Å². The SMILES string of the molecule is CCN(CC)C(=O)CCCNC(=O)c1cccc(OC)c1. The van der Waals surface area contributed by atoms with E-state index in [9.17, 15) is 9.59 Å². The van der Waals surface area contributed by atoms with E-state index in [2.05, 4.69) is 5.32 Å². The van der Waals surface area contributed by atoms with Gasteiger partial charge in [0.2, 0.25) is 5.91 Å². The molecule has 0 spiro atoms. The Hall–Kier alpha value is -2.04. The van der Waals surface area contributed by atoms with Gasteiger partial charge in [0.05, 0.1) is 7.11 Å². The van der Waals surface area contributed by atoms with E-state index in [0.717, 1.165) is 13.1 Å². The first-order valence-electron chi connectivity index (χ1n) is 7.32. The number of rotatable bonds is 8. The molecule has 1 aromatic rings. The fourth-order valence-electron chi connectivity index (χ4n) is 2.04. The van der Waals surface area contributed by atoms with Crippen molar-refractivity contribution < 1.29 is 14.3 Å². The zero-order valence-corrected chi connectivity index (χ0v) is 13.0. The summed E-state index contributed by atoms with van der Waals surface area (Å²) in [4.78, 5) is 25.5. The van der Waals surface area contributed by atoms with Crippen LogP contribution < -0.4 is 10.1 Å². The Morgan fingerprint density at radius 2 is 1.95 bits per heavy atom. The van der Waals surface area contributed by atoms with Crippen molar-refractivity contribution in [2.45, 2.75) is 26.7 Å². The van der Waals surface area contributed by atoms with Gasteiger partial charge in [0, 0.05) is 31.6 Å². The maximum absolute atomic E-state index is 11.9. The van der Waals surface area contributed by atoms with Crippen molar-refractivity contribution in [2.75, 3.05) is 26.7 Å². The van der Waals surface area contributed by atoms with Crippen molar-refractivity contribution in [3.63, 3.8) is 0 Å². The van der Waals surface area contributed by atoms with E-state index in [1.54, 1.807) is 36.3 Å². The van der Waals surface area contributed by atoms with E-state index in [-0.39, 0.29) is 11.8 Å². The first-order chi connectivity index (χ1) is 10.1. The molecule has 0 saturated heterocycles. The highest BCUT2D eigenvalue weighted by atomic mass is 16.5. The Bertz CT molecular complexity index is 470. The summed E-state index contributed by atoms with van der Waals surface area (Å²) in [6, 6.07) is 6.99. The van der Waals surface area contributed by atoms with Crippen LogP contribution in [0.5, 0.6) is 5.75 Å². The van der Waals surface area contributed by atoms with Gasteiger partial charge in [-0.15, -0.1) is 0 Å². The minimum absolute atomic E-state index is 0.135. The Morgan fingerprint density at radius 1 is 1.24 bits per heavy atom. The molecule has 0 aliphatic heterocycles. The van der Waals surface area contributed by atoms with Gasteiger partial charge in [-0.3, -0.25) is 9.59 Å². The molecule has 0 atom stereocenters. The molecule has 2 amide bonds. The molecule has 1 rings (SSSR count). The fraction of sp³-hybridized carbons (Fsp3) is 0.500. The lowest BCUT2D eigenvalue weighted by molar-refractivity contribution is -0.130. The largest absolute Gasteiger partial charge is 0.497 e. The number of nitrogens with zero attached hydrogens (tertiary/aromatic N) is 1.